The van der Waals surface area contributed by atoms with Gasteiger partial charge in [0.2, 0.25) is 0 Å². The number of rotatable bonds is 5. The molecule has 1 saturated heterocycles. The molecular formula is C16H22N4O2. The summed E-state index contributed by atoms with van der Waals surface area (Å²) in [6, 6.07) is 7.86. The number of methoxy groups -OCH3 is 1. The number of morpholine rings is 1. The Hall–Kier alpha value is -1.89. The van der Waals surface area contributed by atoms with Gasteiger partial charge in [0.1, 0.15) is 11.4 Å². The van der Waals surface area contributed by atoms with Crippen molar-refractivity contribution in [2.24, 2.45) is 5.73 Å². The zero-order valence-corrected chi connectivity index (χ0v) is 12.8. The highest BCUT2D eigenvalue weighted by molar-refractivity contribution is 5.46. The van der Waals surface area contributed by atoms with Crippen LogP contribution < -0.4 is 10.5 Å². The van der Waals surface area contributed by atoms with Crippen LogP contribution in [-0.4, -0.2) is 54.1 Å². The Bertz CT molecular complexity index is 614. The number of nitrogens with zero attached hydrogens (tertiary/aromatic N) is 3. The van der Waals surface area contributed by atoms with Crippen LogP contribution in [0, 0.1) is 0 Å². The van der Waals surface area contributed by atoms with E-state index in [2.05, 4.69) is 10.00 Å². The third-order valence-electron chi connectivity index (χ3n) is 3.86. The average molecular weight is 302 g/mol. The summed E-state index contributed by atoms with van der Waals surface area (Å²) in [6.07, 6.45) is 4.09. The van der Waals surface area contributed by atoms with Gasteiger partial charge in [-0.1, -0.05) is 12.1 Å². The Balaban J connectivity index is 1.71. The monoisotopic (exact) mass is 302 g/mol. The number of aromatic nitrogens is 2. The molecule has 1 aromatic carbocycles. The number of benzene rings is 1. The van der Waals surface area contributed by atoms with Crippen molar-refractivity contribution in [2.45, 2.75) is 12.6 Å². The summed E-state index contributed by atoms with van der Waals surface area (Å²) in [6.45, 7) is 3.96. The summed E-state index contributed by atoms with van der Waals surface area (Å²) in [4.78, 5) is 2.35. The molecule has 0 amide bonds. The number of para-hydroxylation sites is 2. The maximum atomic E-state index is 5.69. The minimum Gasteiger partial charge on any atom is -0.494 e. The lowest BCUT2D eigenvalue weighted by Crippen LogP contribution is -2.45. The van der Waals surface area contributed by atoms with Crippen molar-refractivity contribution >= 4 is 0 Å². The molecule has 1 aliphatic rings. The van der Waals surface area contributed by atoms with Gasteiger partial charge in [-0.15, -0.1) is 0 Å². The van der Waals surface area contributed by atoms with Crippen LogP contribution in [0.1, 0.15) is 5.56 Å². The van der Waals surface area contributed by atoms with Crippen molar-refractivity contribution in [3.05, 3.63) is 42.2 Å². The van der Waals surface area contributed by atoms with Crippen LogP contribution in [0.3, 0.4) is 0 Å². The van der Waals surface area contributed by atoms with Crippen molar-refractivity contribution < 1.29 is 9.47 Å². The predicted octanol–water partition coefficient (Wildman–Crippen LogP) is 1.04. The summed E-state index contributed by atoms with van der Waals surface area (Å²) in [5.41, 5.74) is 7.80. The molecule has 1 aromatic heterocycles. The molecule has 1 aliphatic heterocycles. The Morgan fingerprint density at radius 3 is 3.09 bits per heavy atom. The SMILES string of the molecule is COc1ccccc1-n1cc(CN2CCO[C@@H](CN)C2)cn1. The molecule has 6 nitrogen and oxygen atoms in total. The fourth-order valence-corrected chi connectivity index (χ4v) is 2.72. The molecule has 6 heteroatoms. The molecule has 2 aromatic rings. The van der Waals surface area contributed by atoms with Gasteiger partial charge in [0.05, 0.1) is 26.0 Å². The molecule has 118 valence electrons. The van der Waals surface area contributed by atoms with Gasteiger partial charge in [0, 0.05) is 37.9 Å². The largest absolute Gasteiger partial charge is 0.494 e. The average Bonchev–Trinajstić information content (AvgIpc) is 3.03. The smallest absolute Gasteiger partial charge is 0.144 e. The predicted molar refractivity (Wildman–Crippen MR) is 84.2 cm³/mol. The van der Waals surface area contributed by atoms with Crippen LogP contribution in [-0.2, 0) is 11.3 Å². The second-order valence-corrected chi connectivity index (χ2v) is 5.43. The van der Waals surface area contributed by atoms with Gasteiger partial charge in [0.25, 0.3) is 0 Å². The molecule has 0 saturated carbocycles. The van der Waals surface area contributed by atoms with Crippen LogP contribution in [0.5, 0.6) is 5.75 Å². The first-order chi connectivity index (χ1) is 10.8. The maximum Gasteiger partial charge on any atom is 0.144 e. The first kappa shape index (κ1) is 15.0. The van der Waals surface area contributed by atoms with Gasteiger partial charge in [-0.05, 0) is 12.1 Å². The lowest BCUT2D eigenvalue weighted by Gasteiger charge is -2.31. The zero-order valence-electron chi connectivity index (χ0n) is 12.8. The lowest BCUT2D eigenvalue weighted by molar-refractivity contribution is -0.0260. The van der Waals surface area contributed by atoms with Gasteiger partial charge in [-0.25, -0.2) is 4.68 Å². The Kier molecular flexibility index (Phi) is 4.72. The number of nitrogens with two attached hydrogens (primary N) is 1. The van der Waals surface area contributed by atoms with Gasteiger partial charge in [-0.2, -0.15) is 5.10 Å². The van der Waals surface area contributed by atoms with E-state index in [1.54, 1.807) is 7.11 Å². The topological polar surface area (TPSA) is 65.5 Å². The van der Waals surface area contributed by atoms with E-state index in [0.717, 1.165) is 37.7 Å². The Labute approximate surface area is 130 Å². The summed E-state index contributed by atoms with van der Waals surface area (Å²) in [7, 11) is 1.67. The summed E-state index contributed by atoms with van der Waals surface area (Å²) in [5, 5.41) is 4.45. The van der Waals surface area contributed by atoms with E-state index in [4.69, 9.17) is 15.2 Å². The Morgan fingerprint density at radius 2 is 2.27 bits per heavy atom. The highest BCUT2D eigenvalue weighted by Gasteiger charge is 2.19. The Morgan fingerprint density at radius 1 is 1.41 bits per heavy atom. The number of hydrogen-bond acceptors (Lipinski definition) is 5. The molecule has 1 fully saturated rings. The molecule has 2 heterocycles. The molecule has 0 spiro atoms. The second kappa shape index (κ2) is 6.91. The fourth-order valence-electron chi connectivity index (χ4n) is 2.72. The minimum atomic E-state index is 0.137. The lowest BCUT2D eigenvalue weighted by atomic mass is 10.2. The van der Waals surface area contributed by atoms with Crippen LogP contribution in [0.25, 0.3) is 5.69 Å². The molecular weight excluding hydrogens is 280 g/mol. The normalized spacial score (nSPS) is 19.3. The highest BCUT2D eigenvalue weighted by Crippen LogP contribution is 2.22. The van der Waals surface area contributed by atoms with Gasteiger partial charge in [0.15, 0.2) is 0 Å². The van der Waals surface area contributed by atoms with Crippen LogP contribution in [0.15, 0.2) is 36.7 Å². The first-order valence-electron chi connectivity index (χ1n) is 7.51. The molecule has 22 heavy (non-hydrogen) atoms. The first-order valence-corrected chi connectivity index (χ1v) is 7.51. The molecule has 3 rings (SSSR count). The second-order valence-electron chi connectivity index (χ2n) is 5.43. The van der Waals surface area contributed by atoms with Crippen molar-refractivity contribution in [3.8, 4) is 11.4 Å². The molecule has 0 bridgehead atoms. The van der Waals surface area contributed by atoms with Crippen molar-refractivity contribution in [2.75, 3.05) is 33.4 Å². The molecule has 0 radical (unpaired) electrons. The van der Waals surface area contributed by atoms with Crippen molar-refractivity contribution in [3.63, 3.8) is 0 Å². The molecule has 0 unspecified atom stereocenters. The van der Waals surface area contributed by atoms with E-state index in [1.807, 2.05) is 41.3 Å². The molecule has 0 aliphatic carbocycles. The summed E-state index contributed by atoms with van der Waals surface area (Å²) < 4.78 is 12.8. The van der Waals surface area contributed by atoms with Gasteiger partial charge < -0.3 is 15.2 Å². The van der Waals surface area contributed by atoms with E-state index < -0.39 is 0 Å². The summed E-state index contributed by atoms with van der Waals surface area (Å²) >= 11 is 0. The van der Waals surface area contributed by atoms with E-state index >= 15 is 0 Å². The molecule has 2 N–H and O–H groups in total. The van der Waals surface area contributed by atoms with Crippen LogP contribution >= 0.6 is 0 Å². The number of hydrogen-bond donors (Lipinski definition) is 1. The zero-order chi connectivity index (χ0) is 15.4. The van der Waals surface area contributed by atoms with Gasteiger partial charge >= 0.3 is 0 Å². The van der Waals surface area contributed by atoms with Crippen molar-refractivity contribution in [1.82, 2.24) is 14.7 Å². The molecule has 1 atom stereocenters. The van der Waals surface area contributed by atoms with E-state index in [1.165, 1.54) is 5.56 Å². The van der Waals surface area contributed by atoms with Crippen molar-refractivity contribution in [1.29, 1.82) is 0 Å². The third kappa shape index (κ3) is 3.30. The van der Waals surface area contributed by atoms with E-state index in [-0.39, 0.29) is 6.10 Å². The van der Waals surface area contributed by atoms with E-state index in [9.17, 15) is 0 Å². The summed E-state index contributed by atoms with van der Waals surface area (Å²) in [5.74, 6) is 0.812. The van der Waals surface area contributed by atoms with E-state index in [0.29, 0.717) is 6.54 Å². The number of ether oxygens (including phenoxy) is 2. The van der Waals surface area contributed by atoms with Gasteiger partial charge in [-0.3, -0.25) is 4.90 Å². The minimum absolute atomic E-state index is 0.137. The van der Waals surface area contributed by atoms with Crippen LogP contribution in [0.4, 0.5) is 0 Å². The standard InChI is InChI=1S/C16H22N4O2/c1-21-16-5-3-2-4-15(16)20-11-13(9-18-20)10-19-6-7-22-14(8-17)12-19/h2-5,9,11,14H,6-8,10,12,17H2,1H3/t14-/m0/s1. The fraction of sp³-hybridized carbons (Fsp3) is 0.438. The highest BCUT2D eigenvalue weighted by atomic mass is 16.5. The quantitative estimate of drug-likeness (QED) is 0.894. The maximum absolute atomic E-state index is 5.69. The third-order valence-corrected chi connectivity index (χ3v) is 3.86. The van der Waals surface area contributed by atoms with Crippen LogP contribution in [0.2, 0.25) is 0 Å².